The Morgan fingerprint density at radius 2 is 1.93 bits per heavy atom. The fraction of sp³-hybridized carbons (Fsp3) is 0.300. The first kappa shape index (κ1) is 27.4. The minimum absolute atomic E-state index is 0.0101. The SMILES string of the molecule is Nc1ncc2c3c1c(-c1ccc(C(=O)Nc4cc(C(F)(F)F)ccn4)cc1)nn3[C@@H]1CCC[C@H](C1)C(=O)NCC/C=C/2. The summed E-state index contributed by atoms with van der Waals surface area (Å²) in [5.74, 6) is -0.512. The lowest BCUT2D eigenvalue weighted by Crippen LogP contribution is -2.35. The van der Waals surface area contributed by atoms with Gasteiger partial charge in [0.15, 0.2) is 0 Å². The zero-order chi connectivity index (χ0) is 29.4. The first-order valence-electron chi connectivity index (χ1n) is 13.7. The second-order valence-electron chi connectivity index (χ2n) is 10.6. The fourth-order valence-electron chi connectivity index (χ4n) is 5.71. The number of nitrogens with two attached hydrogens (primary N) is 1. The van der Waals surface area contributed by atoms with Gasteiger partial charge < -0.3 is 16.4 Å². The predicted octanol–water partition coefficient (Wildman–Crippen LogP) is 5.61. The summed E-state index contributed by atoms with van der Waals surface area (Å²) in [7, 11) is 0. The first-order chi connectivity index (χ1) is 20.2. The lowest BCUT2D eigenvalue weighted by atomic mass is 9.85. The standard InChI is InChI=1S/C30H28F3N7O2/c31-30(32,33)21-11-13-35-23(15-21)38-29(42)18-9-7-17(8-10-18)25-24-26-20(16-37-27(24)34)4-1-2-12-36-28(41)19-5-3-6-22(14-19)40(26)39-25/h1,4,7-11,13,15-16,19,22H,2-3,5-6,12,14H2,(H2,34,37)(H,36,41)(H,35,38,42)/b4-1+/t19-,22-/m1/s1. The number of carbonyl (C=O) groups is 2. The quantitative estimate of drug-likeness (QED) is 0.291. The number of carbonyl (C=O) groups excluding carboxylic acids is 2. The average molecular weight is 576 g/mol. The van der Waals surface area contributed by atoms with Crippen LogP contribution in [-0.4, -0.2) is 38.1 Å². The maximum atomic E-state index is 13.1. The number of hydrogen-bond acceptors (Lipinski definition) is 6. The number of nitrogen functional groups attached to an aromatic ring is 1. The van der Waals surface area contributed by atoms with E-state index >= 15 is 0 Å². The molecule has 2 amide bonds. The molecule has 0 unspecified atom stereocenters. The van der Waals surface area contributed by atoms with Gasteiger partial charge >= 0.3 is 6.18 Å². The van der Waals surface area contributed by atoms with Crippen LogP contribution in [0.3, 0.4) is 0 Å². The highest BCUT2D eigenvalue weighted by molar-refractivity contribution is 6.06. The lowest BCUT2D eigenvalue weighted by Gasteiger charge is -2.29. The molecule has 4 heterocycles. The second-order valence-corrected chi connectivity index (χ2v) is 10.6. The minimum Gasteiger partial charge on any atom is -0.383 e. The van der Waals surface area contributed by atoms with E-state index in [2.05, 4.69) is 20.6 Å². The number of benzene rings is 1. The third-order valence-electron chi connectivity index (χ3n) is 7.80. The van der Waals surface area contributed by atoms with E-state index in [0.29, 0.717) is 41.8 Å². The number of nitrogens with one attached hydrogen (secondary N) is 2. The Morgan fingerprint density at radius 1 is 1.12 bits per heavy atom. The van der Waals surface area contributed by atoms with Gasteiger partial charge in [-0.3, -0.25) is 14.3 Å². The molecule has 4 N–H and O–H groups in total. The van der Waals surface area contributed by atoms with Gasteiger partial charge in [-0.25, -0.2) is 9.97 Å². The van der Waals surface area contributed by atoms with Gasteiger partial charge in [0.2, 0.25) is 5.91 Å². The molecule has 2 bridgehead atoms. The Hall–Kier alpha value is -4.74. The highest BCUT2D eigenvalue weighted by Gasteiger charge is 2.32. The molecule has 1 saturated carbocycles. The van der Waals surface area contributed by atoms with E-state index in [1.165, 1.54) is 0 Å². The number of halogens is 3. The van der Waals surface area contributed by atoms with Gasteiger partial charge in [0, 0.05) is 41.5 Å². The van der Waals surface area contributed by atoms with Crippen LogP contribution < -0.4 is 16.4 Å². The van der Waals surface area contributed by atoms with Gasteiger partial charge in [-0.15, -0.1) is 0 Å². The summed E-state index contributed by atoms with van der Waals surface area (Å²) >= 11 is 0. The van der Waals surface area contributed by atoms with Crippen LogP contribution >= 0.6 is 0 Å². The Bertz CT molecular complexity index is 1700. The molecule has 42 heavy (non-hydrogen) atoms. The maximum Gasteiger partial charge on any atom is 0.416 e. The number of hydrogen-bond donors (Lipinski definition) is 3. The smallest absolute Gasteiger partial charge is 0.383 e. The molecule has 4 aromatic rings. The number of rotatable bonds is 3. The first-order valence-corrected chi connectivity index (χ1v) is 13.7. The molecule has 9 nitrogen and oxygen atoms in total. The zero-order valence-electron chi connectivity index (χ0n) is 22.5. The number of alkyl halides is 3. The van der Waals surface area contributed by atoms with Gasteiger partial charge in [-0.05, 0) is 49.9 Å². The Kier molecular flexibility index (Phi) is 7.13. The van der Waals surface area contributed by atoms with Crippen molar-refractivity contribution in [3.63, 3.8) is 0 Å². The molecule has 216 valence electrons. The number of fused-ring (bicyclic) bond motifs is 3. The lowest BCUT2D eigenvalue weighted by molar-refractivity contribution is -0.137. The summed E-state index contributed by atoms with van der Waals surface area (Å²) in [5.41, 5.74) is 8.76. The van der Waals surface area contributed by atoms with E-state index < -0.39 is 17.6 Å². The summed E-state index contributed by atoms with van der Waals surface area (Å²) in [4.78, 5) is 33.9. The topological polar surface area (TPSA) is 128 Å². The Morgan fingerprint density at radius 3 is 2.71 bits per heavy atom. The molecule has 12 heteroatoms. The fourth-order valence-corrected chi connectivity index (χ4v) is 5.71. The normalized spacial score (nSPS) is 19.8. The van der Waals surface area contributed by atoms with Crippen molar-refractivity contribution in [2.75, 3.05) is 17.6 Å². The van der Waals surface area contributed by atoms with E-state index in [1.807, 2.05) is 16.8 Å². The van der Waals surface area contributed by atoms with E-state index in [4.69, 9.17) is 10.8 Å². The van der Waals surface area contributed by atoms with Crippen LogP contribution in [0, 0.1) is 5.92 Å². The molecule has 2 atom stereocenters. The third kappa shape index (κ3) is 5.31. The van der Waals surface area contributed by atoms with Crippen LogP contribution in [0.15, 0.2) is 54.9 Å². The highest BCUT2D eigenvalue weighted by atomic mass is 19.4. The summed E-state index contributed by atoms with van der Waals surface area (Å²) in [6.45, 7) is 0.566. The van der Waals surface area contributed by atoms with Gasteiger partial charge in [0.05, 0.1) is 22.5 Å². The van der Waals surface area contributed by atoms with E-state index in [9.17, 15) is 22.8 Å². The number of anilines is 2. The van der Waals surface area contributed by atoms with Crippen LogP contribution in [0.5, 0.6) is 0 Å². The van der Waals surface area contributed by atoms with Crippen LogP contribution in [0.25, 0.3) is 28.2 Å². The van der Waals surface area contributed by atoms with Crippen molar-refractivity contribution in [1.29, 1.82) is 0 Å². The number of pyridine rings is 2. The summed E-state index contributed by atoms with van der Waals surface area (Å²) in [6.07, 6.45) is 6.08. The van der Waals surface area contributed by atoms with Crippen LogP contribution in [0.4, 0.5) is 24.8 Å². The van der Waals surface area contributed by atoms with Gasteiger partial charge in [0.1, 0.15) is 17.3 Å². The molecule has 1 aliphatic carbocycles. The molecule has 2 aliphatic rings. The van der Waals surface area contributed by atoms with Crippen molar-refractivity contribution in [2.24, 2.45) is 5.92 Å². The monoisotopic (exact) mass is 575 g/mol. The van der Waals surface area contributed by atoms with Crippen molar-refractivity contribution in [3.05, 3.63) is 71.6 Å². The van der Waals surface area contributed by atoms with Crippen LogP contribution in [0.2, 0.25) is 0 Å². The van der Waals surface area contributed by atoms with Gasteiger partial charge in [-0.2, -0.15) is 18.3 Å². The van der Waals surface area contributed by atoms with E-state index in [1.54, 1.807) is 30.5 Å². The van der Waals surface area contributed by atoms with Crippen molar-refractivity contribution in [3.8, 4) is 11.3 Å². The number of aromatic nitrogens is 4. The van der Waals surface area contributed by atoms with E-state index in [-0.39, 0.29) is 29.2 Å². The maximum absolute atomic E-state index is 13.1. The summed E-state index contributed by atoms with van der Waals surface area (Å²) in [6, 6.07) is 8.18. The molecular formula is C30H28F3N7O2. The summed E-state index contributed by atoms with van der Waals surface area (Å²) < 4.78 is 41.1. The van der Waals surface area contributed by atoms with Crippen molar-refractivity contribution in [1.82, 2.24) is 25.1 Å². The summed E-state index contributed by atoms with van der Waals surface area (Å²) in [5, 5.41) is 11.2. The Balaban J connectivity index is 1.36. The van der Waals surface area contributed by atoms with Gasteiger partial charge in [-0.1, -0.05) is 30.7 Å². The Labute approximate surface area is 239 Å². The molecule has 1 aromatic carbocycles. The zero-order valence-corrected chi connectivity index (χ0v) is 22.5. The van der Waals surface area contributed by atoms with Crippen molar-refractivity contribution in [2.45, 2.75) is 44.3 Å². The largest absolute Gasteiger partial charge is 0.416 e. The van der Waals surface area contributed by atoms with Crippen LogP contribution in [-0.2, 0) is 11.0 Å². The molecule has 1 aliphatic heterocycles. The molecular weight excluding hydrogens is 547 g/mol. The molecule has 1 fully saturated rings. The van der Waals surface area contributed by atoms with Crippen molar-refractivity contribution >= 4 is 40.4 Å². The second kappa shape index (κ2) is 10.9. The number of amides is 2. The third-order valence-corrected chi connectivity index (χ3v) is 7.80. The molecule has 0 radical (unpaired) electrons. The molecule has 0 spiro atoms. The predicted molar refractivity (Wildman–Crippen MR) is 152 cm³/mol. The molecule has 6 rings (SSSR count). The molecule has 3 aromatic heterocycles. The minimum atomic E-state index is -4.55. The number of nitrogens with zero attached hydrogens (tertiary/aromatic N) is 4. The highest BCUT2D eigenvalue weighted by Crippen LogP contribution is 2.40. The average Bonchev–Trinajstić information content (AvgIpc) is 3.39. The van der Waals surface area contributed by atoms with E-state index in [0.717, 1.165) is 48.7 Å². The van der Waals surface area contributed by atoms with Crippen molar-refractivity contribution < 1.29 is 22.8 Å². The van der Waals surface area contributed by atoms with Gasteiger partial charge in [0.25, 0.3) is 5.91 Å². The molecule has 0 saturated heterocycles. The van der Waals surface area contributed by atoms with Crippen LogP contribution in [0.1, 0.15) is 59.6 Å².